The smallest absolute Gasteiger partial charge is 0.317 e. The summed E-state index contributed by atoms with van der Waals surface area (Å²) in [6.45, 7) is 4.95. The van der Waals surface area contributed by atoms with Gasteiger partial charge < -0.3 is 16.0 Å². The van der Waals surface area contributed by atoms with Crippen molar-refractivity contribution in [2.24, 2.45) is 5.73 Å². The number of carbonyl (C=O) groups is 1. The predicted molar refractivity (Wildman–Crippen MR) is 77.6 cm³/mol. The van der Waals surface area contributed by atoms with Gasteiger partial charge in [-0.2, -0.15) is 0 Å². The Balaban J connectivity index is 2.67. The third-order valence-corrected chi connectivity index (χ3v) is 2.91. The highest BCUT2D eigenvalue weighted by molar-refractivity contribution is 5.74. The number of hydrogen-bond donors (Lipinski definition) is 2. The highest BCUT2D eigenvalue weighted by Gasteiger charge is 2.11. The SMILES string of the molecule is CCN(C)C(=O)NC(C)c1ccc(C#CCN)cc1. The van der Waals surface area contributed by atoms with E-state index in [2.05, 4.69) is 17.2 Å². The molecule has 4 heteroatoms. The number of urea groups is 1. The van der Waals surface area contributed by atoms with Crippen molar-refractivity contribution in [3.05, 3.63) is 35.4 Å². The molecule has 0 aromatic heterocycles. The van der Waals surface area contributed by atoms with Gasteiger partial charge in [-0.3, -0.25) is 0 Å². The van der Waals surface area contributed by atoms with Crippen LogP contribution in [0.2, 0.25) is 0 Å². The van der Waals surface area contributed by atoms with Crippen molar-refractivity contribution in [3.8, 4) is 11.8 Å². The number of hydrogen-bond acceptors (Lipinski definition) is 2. The molecule has 1 unspecified atom stereocenters. The van der Waals surface area contributed by atoms with E-state index in [0.717, 1.165) is 11.1 Å². The molecule has 0 heterocycles. The topological polar surface area (TPSA) is 58.4 Å². The molecule has 0 saturated heterocycles. The summed E-state index contributed by atoms with van der Waals surface area (Å²) in [7, 11) is 1.77. The Morgan fingerprint density at radius 1 is 1.42 bits per heavy atom. The summed E-state index contributed by atoms with van der Waals surface area (Å²) in [4.78, 5) is 13.4. The average molecular weight is 259 g/mol. The van der Waals surface area contributed by atoms with Crippen LogP contribution in [0.1, 0.15) is 31.0 Å². The third-order valence-electron chi connectivity index (χ3n) is 2.91. The van der Waals surface area contributed by atoms with E-state index in [1.165, 1.54) is 0 Å². The first-order chi connectivity index (χ1) is 9.08. The summed E-state index contributed by atoms with van der Waals surface area (Å²) in [5, 5.41) is 2.94. The van der Waals surface area contributed by atoms with Gasteiger partial charge in [0.15, 0.2) is 0 Å². The van der Waals surface area contributed by atoms with E-state index in [1.54, 1.807) is 11.9 Å². The second-order valence-corrected chi connectivity index (χ2v) is 4.31. The quantitative estimate of drug-likeness (QED) is 0.812. The summed E-state index contributed by atoms with van der Waals surface area (Å²) >= 11 is 0. The van der Waals surface area contributed by atoms with Gasteiger partial charge in [-0.1, -0.05) is 24.0 Å². The number of rotatable bonds is 3. The summed E-state index contributed by atoms with van der Waals surface area (Å²) in [6.07, 6.45) is 0. The highest BCUT2D eigenvalue weighted by Crippen LogP contribution is 2.13. The van der Waals surface area contributed by atoms with Crippen LogP contribution in [0.25, 0.3) is 0 Å². The lowest BCUT2D eigenvalue weighted by atomic mass is 10.1. The van der Waals surface area contributed by atoms with Crippen molar-refractivity contribution in [1.29, 1.82) is 0 Å². The van der Waals surface area contributed by atoms with Crippen molar-refractivity contribution >= 4 is 6.03 Å². The van der Waals surface area contributed by atoms with Crippen LogP contribution in [0.3, 0.4) is 0 Å². The Kier molecular flexibility index (Phi) is 5.91. The number of benzene rings is 1. The van der Waals surface area contributed by atoms with Gasteiger partial charge in [0, 0.05) is 19.2 Å². The molecule has 0 aliphatic rings. The van der Waals surface area contributed by atoms with Crippen LogP contribution in [0, 0.1) is 11.8 Å². The van der Waals surface area contributed by atoms with E-state index in [0.29, 0.717) is 13.1 Å². The summed E-state index contributed by atoms with van der Waals surface area (Å²) < 4.78 is 0. The molecule has 0 radical (unpaired) electrons. The van der Waals surface area contributed by atoms with Crippen LogP contribution in [0.4, 0.5) is 4.79 Å². The standard InChI is InChI=1S/C15H21N3O/c1-4-18(3)15(19)17-12(2)14-9-7-13(8-10-14)6-5-11-16/h7-10,12H,4,11,16H2,1-3H3,(H,17,19). The summed E-state index contributed by atoms with van der Waals surface area (Å²) in [5.41, 5.74) is 7.31. The molecule has 0 bridgehead atoms. The minimum absolute atomic E-state index is 0.0296. The number of carbonyl (C=O) groups excluding carboxylic acids is 1. The molecule has 4 nitrogen and oxygen atoms in total. The van der Waals surface area contributed by atoms with Gasteiger partial charge in [0.25, 0.3) is 0 Å². The Hall–Kier alpha value is -1.99. The molecule has 0 spiro atoms. The fraction of sp³-hybridized carbons (Fsp3) is 0.400. The molecule has 0 fully saturated rings. The van der Waals surface area contributed by atoms with Crippen molar-refractivity contribution in [2.45, 2.75) is 19.9 Å². The van der Waals surface area contributed by atoms with Crippen LogP contribution in [-0.4, -0.2) is 31.1 Å². The molecule has 0 aliphatic carbocycles. The van der Waals surface area contributed by atoms with Gasteiger partial charge in [-0.05, 0) is 31.5 Å². The van der Waals surface area contributed by atoms with Gasteiger partial charge >= 0.3 is 6.03 Å². The largest absolute Gasteiger partial charge is 0.331 e. The fourth-order valence-electron chi connectivity index (χ4n) is 1.53. The molecule has 102 valence electrons. The fourth-order valence-corrected chi connectivity index (χ4v) is 1.53. The van der Waals surface area contributed by atoms with Gasteiger partial charge in [-0.25, -0.2) is 4.79 Å². The van der Waals surface area contributed by atoms with E-state index in [9.17, 15) is 4.79 Å². The van der Waals surface area contributed by atoms with Crippen molar-refractivity contribution in [2.75, 3.05) is 20.1 Å². The highest BCUT2D eigenvalue weighted by atomic mass is 16.2. The lowest BCUT2D eigenvalue weighted by molar-refractivity contribution is 0.208. The zero-order chi connectivity index (χ0) is 14.3. The molecular formula is C15H21N3O. The second kappa shape index (κ2) is 7.45. The minimum Gasteiger partial charge on any atom is -0.331 e. The first-order valence-electron chi connectivity index (χ1n) is 6.39. The van der Waals surface area contributed by atoms with Gasteiger partial charge in [-0.15, -0.1) is 0 Å². The van der Waals surface area contributed by atoms with Crippen LogP contribution >= 0.6 is 0 Å². The van der Waals surface area contributed by atoms with E-state index < -0.39 is 0 Å². The maximum absolute atomic E-state index is 11.7. The lowest BCUT2D eigenvalue weighted by Crippen LogP contribution is -2.38. The van der Waals surface area contributed by atoms with Gasteiger partial charge in [0.2, 0.25) is 0 Å². The molecule has 1 rings (SSSR count). The molecule has 19 heavy (non-hydrogen) atoms. The molecule has 0 aliphatic heterocycles. The first-order valence-corrected chi connectivity index (χ1v) is 6.39. The first kappa shape index (κ1) is 15.1. The van der Waals surface area contributed by atoms with Gasteiger partial charge in [0.05, 0.1) is 12.6 Å². The number of amides is 2. The van der Waals surface area contributed by atoms with Crippen molar-refractivity contribution in [1.82, 2.24) is 10.2 Å². The van der Waals surface area contributed by atoms with Crippen LogP contribution in [-0.2, 0) is 0 Å². The van der Waals surface area contributed by atoms with Crippen LogP contribution < -0.4 is 11.1 Å². The Morgan fingerprint density at radius 3 is 2.58 bits per heavy atom. The summed E-state index contributed by atoms with van der Waals surface area (Å²) in [5.74, 6) is 5.78. The number of nitrogens with zero attached hydrogens (tertiary/aromatic N) is 1. The monoisotopic (exact) mass is 259 g/mol. The lowest BCUT2D eigenvalue weighted by Gasteiger charge is -2.20. The molecule has 2 amide bonds. The molecular weight excluding hydrogens is 238 g/mol. The third kappa shape index (κ3) is 4.65. The van der Waals surface area contributed by atoms with E-state index in [4.69, 9.17) is 5.73 Å². The zero-order valence-electron chi connectivity index (χ0n) is 11.7. The number of nitrogens with one attached hydrogen (secondary N) is 1. The van der Waals surface area contributed by atoms with Crippen molar-refractivity contribution < 1.29 is 4.79 Å². The maximum Gasteiger partial charge on any atom is 0.317 e. The van der Waals surface area contributed by atoms with Crippen LogP contribution in [0.5, 0.6) is 0 Å². The molecule has 1 atom stereocenters. The molecule has 1 aromatic rings. The maximum atomic E-state index is 11.7. The summed E-state index contributed by atoms with van der Waals surface area (Å²) in [6, 6.07) is 7.71. The molecule has 0 saturated carbocycles. The second-order valence-electron chi connectivity index (χ2n) is 4.31. The molecule has 3 N–H and O–H groups in total. The van der Waals surface area contributed by atoms with E-state index in [1.807, 2.05) is 38.1 Å². The Labute approximate surface area is 115 Å². The number of nitrogens with two attached hydrogens (primary N) is 1. The average Bonchev–Trinajstić information content (AvgIpc) is 2.44. The van der Waals surface area contributed by atoms with E-state index >= 15 is 0 Å². The minimum atomic E-state index is -0.0676. The Morgan fingerprint density at radius 2 is 2.05 bits per heavy atom. The van der Waals surface area contributed by atoms with E-state index in [-0.39, 0.29) is 12.1 Å². The predicted octanol–water partition coefficient (Wildman–Crippen LogP) is 1.72. The van der Waals surface area contributed by atoms with Crippen molar-refractivity contribution in [3.63, 3.8) is 0 Å². The molecule has 1 aromatic carbocycles. The zero-order valence-corrected chi connectivity index (χ0v) is 11.7. The Bertz CT molecular complexity index is 470. The van der Waals surface area contributed by atoms with Gasteiger partial charge in [0.1, 0.15) is 0 Å². The van der Waals surface area contributed by atoms with Crippen LogP contribution in [0.15, 0.2) is 24.3 Å². The normalized spacial score (nSPS) is 11.2.